The lowest BCUT2D eigenvalue weighted by atomic mass is 9.97. The number of sulfonamides is 1. The molecule has 0 unspecified atom stereocenters. The number of aryl methyl sites for hydroxylation is 1. The van der Waals surface area contributed by atoms with Crippen LogP contribution in [0.25, 0.3) is 0 Å². The Morgan fingerprint density at radius 1 is 0.857 bits per heavy atom. The van der Waals surface area contributed by atoms with Crippen molar-refractivity contribution in [2.45, 2.75) is 44.9 Å². The predicted octanol–water partition coefficient (Wildman–Crippen LogP) is 3.93. The van der Waals surface area contributed by atoms with Gasteiger partial charge in [0.1, 0.15) is 0 Å². The summed E-state index contributed by atoms with van der Waals surface area (Å²) in [6.07, 6.45) is 5.42. The smallest absolute Gasteiger partial charge is 0.255 e. The Hall–Kier alpha value is -2.71. The van der Waals surface area contributed by atoms with E-state index in [9.17, 15) is 18.0 Å². The second-order valence-corrected chi connectivity index (χ2v) is 11.6. The number of nitrogens with one attached hydrogen (secondary N) is 1. The average Bonchev–Trinajstić information content (AvgIpc) is 2.90. The molecular weight excluding hydrogens is 462 g/mol. The standard InChI is InChI=1S/C27H35N3O4S/c31-26(28-25-14-6-5-13-24(25)27(32)29-17-7-2-8-18-29)23-15-19-30(20-16-23)35(33,34)21-9-12-22-10-3-1-4-11-22/h1,3-6,10-11,13-14,23H,2,7-9,12,15-21H2,(H,28,31). The van der Waals surface area contributed by atoms with Gasteiger partial charge in [-0.25, -0.2) is 12.7 Å². The summed E-state index contributed by atoms with van der Waals surface area (Å²) in [5, 5.41) is 2.95. The number of carbonyl (C=O) groups is 2. The van der Waals surface area contributed by atoms with E-state index in [0.29, 0.717) is 43.6 Å². The molecule has 0 atom stereocenters. The Balaban J connectivity index is 1.29. The number of nitrogens with zero attached hydrogens (tertiary/aromatic N) is 2. The van der Waals surface area contributed by atoms with Crippen LogP contribution in [0.15, 0.2) is 54.6 Å². The molecule has 0 aliphatic carbocycles. The molecule has 0 spiro atoms. The van der Waals surface area contributed by atoms with Crippen molar-refractivity contribution in [2.24, 2.45) is 5.92 Å². The summed E-state index contributed by atoms with van der Waals surface area (Å²) < 4.78 is 27.1. The van der Waals surface area contributed by atoms with Crippen molar-refractivity contribution in [1.29, 1.82) is 0 Å². The number of likely N-dealkylation sites (tertiary alicyclic amines) is 1. The molecular formula is C27H35N3O4S. The first-order chi connectivity index (χ1) is 16.9. The van der Waals surface area contributed by atoms with E-state index < -0.39 is 10.0 Å². The van der Waals surface area contributed by atoms with Crippen LogP contribution in [-0.2, 0) is 21.2 Å². The number of amides is 2. The molecule has 2 saturated heterocycles. The van der Waals surface area contributed by atoms with Gasteiger partial charge in [-0.15, -0.1) is 0 Å². The summed E-state index contributed by atoms with van der Waals surface area (Å²) >= 11 is 0. The summed E-state index contributed by atoms with van der Waals surface area (Å²) in [5.74, 6) is -0.351. The van der Waals surface area contributed by atoms with E-state index in [1.54, 1.807) is 12.1 Å². The molecule has 35 heavy (non-hydrogen) atoms. The SMILES string of the molecule is O=C(Nc1ccccc1C(=O)N1CCCCC1)C1CCN(S(=O)(=O)CCCc2ccccc2)CC1. The van der Waals surface area contributed by atoms with Crippen LogP contribution in [0.5, 0.6) is 0 Å². The molecule has 2 aromatic rings. The fourth-order valence-corrected chi connectivity index (χ4v) is 6.44. The van der Waals surface area contributed by atoms with Crippen molar-refractivity contribution in [3.05, 3.63) is 65.7 Å². The van der Waals surface area contributed by atoms with Crippen LogP contribution in [-0.4, -0.2) is 61.4 Å². The van der Waals surface area contributed by atoms with Gasteiger partial charge in [0.15, 0.2) is 0 Å². The minimum Gasteiger partial charge on any atom is -0.339 e. The first kappa shape index (κ1) is 25.4. The molecule has 4 rings (SSSR count). The molecule has 2 heterocycles. The number of rotatable bonds is 8. The third-order valence-electron chi connectivity index (χ3n) is 6.99. The number of piperidine rings is 2. The van der Waals surface area contributed by atoms with E-state index in [1.165, 1.54) is 4.31 Å². The molecule has 188 valence electrons. The van der Waals surface area contributed by atoms with Crippen molar-refractivity contribution < 1.29 is 18.0 Å². The van der Waals surface area contributed by atoms with Gasteiger partial charge in [-0.2, -0.15) is 0 Å². The molecule has 0 saturated carbocycles. The van der Waals surface area contributed by atoms with Gasteiger partial charge in [0.25, 0.3) is 5.91 Å². The van der Waals surface area contributed by atoms with Gasteiger partial charge in [0.2, 0.25) is 15.9 Å². The monoisotopic (exact) mass is 497 g/mol. The fraction of sp³-hybridized carbons (Fsp3) is 0.481. The summed E-state index contributed by atoms with van der Waals surface area (Å²) in [6, 6.07) is 17.0. The Morgan fingerprint density at radius 2 is 1.51 bits per heavy atom. The van der Waals surface area contributed by atoms with Crippen LogP contribution >= 0.6 is 0 Å². The largest absolute Gasteiger partial charge is 0.339 e. The number of carbonyl (C=O) groups excluding carboxylic acids is 2. The zero-order valence-electron chi connectivity index (χ0n) is 20.2. The van der Waals surface area contributed by atoms with E-state index in [2.05, 4.69) is 5.32 Å². The number of benzene rings is 2. The molecule has 0 bridgehead atoms. The zero-order valence-corrected chi connectivity index (χ0v) is 21.0. The summed E-state index contributed by atoms with van der Waals surface area (Å²) in [4.78, 5) is 27.9. The van der Waals surface area contributed by atoms with Crippen LogP contribution in [0.2, 0.25) is 0 Å². The molecule has 0 radical (unpaired) electrons. The quantitative estimate of drug-likeness (QED) is 0.599. The molecule has 2 aromatic carbocycles. The van der Waals surface area contributed by atoms with Gasteiger partial charge in [0.05, 0.1) is 17.0 Å². The normalized spacial score (nSPS) is 17.8. The lowest BCUT2D eigenvalue weighted by Gasteiger charge is -2.31. The van der Waals surface area contributed by atoms with Crippen molar-refractivity contribution in [2.75, 3.05) is 37.2 Å². The first-order valence-corrected chi connectivity index (χ1v) is 14.3. The maximum Gasteiger partial charge on any atom is 0.255 e. The highest BCUT2D eigenvalue weighted by Crippen LogP contribution is 2.25. The lowest BCUT2D eigenvalue weighted by Crippen LogP contribution is -2.42. The first-order valence-electron chi connectivity index (χ1n) is 12.6. The minimum atomic E-state index is -3.34. The van der Waals surface area contributed by atoms with Crippen LogP contribution in [0.1, 0.15) is 54.4 Å². The summed E-state index contributed by atoms with van der Waals surface area (Å²) in [6.45, 7) is 2.19. The van der Waals surface area contributed by atoms with Crippen molar-refractivity contribution >= 4 is 27.5 Å². The van der Waals surface area contributed by atoms with E-state index in [4.69, 9.17) is 0 Å². The maximum absolute atomic E-state index is 13.0. The average molecular weight is 498 g/mol. The number of hydrogen-bond acceptors (Lipinski definition) is 4. The third-order valence-corrected chi connectivity index (χ3v) is 8.94. The van der Waals surface area contributed by atoms with E-state index in [-0.39, 0.29) is 23.5 Å². The number of hydrogen-bond donors (Lipinski definition) is 1. The number of anilines is 1. The Bertz CT molecular complexity index is 1110. The molecule has 7 nitrogen and oxygen atoms in total. The van der Waals surface area contributed by atoms with Crippen LogP contribution in [0.3, 0.4) is 0 Å². The van der Waals surface area contributed by atoms with Gasteiger partial charge < -0.3 is 10.2 Å². The van der Waals surface area contributed by atoms with Gasteiger partial charge in [0, 0.05) is 32.1 Å². The molecule has 2 aliphatic heterocycles. The molecule has 2 fully saturated rings. The van der Waals surface area contributed by atoms with Gasteiger partial charge in [-0.3, -0.25) is 9.59 Å². The Kier molecular flexibility index (Phi) is 8.57. The summed E-state index contributed by atoms with van der Waals surface area (Å²) in [7, 11) is -3.34. The van der Waals surface area contributed by atoms with Gasteiger partial charge >= 0.3 is 0 Å². The Labute approximate surface area is 208 Å². The second-order valence-electron chi connectivity index (χ2n) is 9.47. The predicted molar refractivity (Wildman–Crippen MR) is 138 cm³/mol. The minimum absolute atomic E-state index is 0.0444. The second kappa shape index (κ2) is 11.8. The fourth-order valence-electron chi connectivity index (χ4n) is 4.91. The van der Waals surface area contributed by atoms with Crippen LogP contribution < -0.4 is 5.32 Å². The maximum atomic E-state index is 13.0. The topological polar surface area (TPSA) is 86.8 Å². The molecule has 2 amide bonds. The molecule has 2 aliphatic rings. The molecule has 1 N–H and O–H groups in total. The Morgan fingerprint density at radius 3 is 2.23 bits per heavy atom. The van der Waals surface area contributed by atoms with E-state index >= 15 is 0 Å². The van der Waals surface area contributed by atoms with Crippen molar-refractivity contribution in [3.8, 4) is 0 Å². The van der Waals surface area contributed by atoms with Crippen LogP contribution in [0, 0.1) is 5.92 Å². The lowest BCUT2D eigenvalue weighted by molar-refractivity contribution is -0.120. The molecule has 0 aromatic heterocycles. The van der Waals surface area contributed by atoms with E-state index in [1.807, 2.05) is 47.4 Å². The highest BCUT2D eigenvalue weighted by Gasteiger charge is 2.31. The molecule has 8 heteroatoms. The van der Waals surface area contributed by atoms with Crippen molar-refractivity contribution in [1.82, 2.24) is 9.21 Å². The highest BCUT2D eigenvalue weighted by atomic mass is 32.2. The zero-order chi connectivity index (χ0) is 24.7. The summed E-state index contributed by atoms with van der Waals surface area (Å²) in [5.41, 5.74) is 2.18. The van der Waals surface area contributed by atoms with Gasteiger partial charge in [-0.1, -0.05) is 42.5 Å². The highest BCUT2D eigenvalue weighted by molar-refractivity contribution is 7.89. The van der Waals surface area contributed by atoms with Crippen molar-refractivity contribution in [3.63, 3.8) is 0 Å². The van der Waals surface area contributed by atoms with Crippen LogP contribution in [0.4, 0.5) is 5.69 Å². The third kappa shape index (κ3) is 6.70. The van der Waals surface area contributed by atoms with E-state index in [0.717, 1.165) is 44.3 Å². The number of para-hydroxylation sites is 1. The van der Waals surface area contributed by atoms with Gasteiger partial charge in [-0.05, 0) is 62.6 Å².